The maximum absolute atomic E-state index is 12.0. The first kappa shape index (κ1) is 14.0. The van der Waals surface area contributed by atoms with Gasteiger partial charge in [0.1, 0.15) is 0 Å². The highest BCUT2D eigenvalue weighted by Gasteiger charge is 2.24. The molecule has 1 N–H and O–H groups in total. The van der Waals surface area contributed by atoms with Gasteiger partial charge in [0.2, 0.25) is 5.91 Å². The number of carbonyl (C=O) groups is 1. The number of amides is 1. The number of nitrogens with zero attached hydrogens (tertiary/aromatic N) is 1. The zero-order valence-corrected chi connectivity index (χ0v) is 11.7. The zero-order valence-electron chi connectivity index (χ0n) is 11.7. The normalized spacial score (nSPS) is 16.7. The average Bonchev–Trinajstić information content (AvgIpc) is 2.46. The van der Waals surface area contributed by atoms with Crippen LogP contribution in [0.3, 0.4) is 0 Å². The third-order valence-electron chi connectivity index (χ3n) is 3.69. The van der Waals surface area contributed by atoms with Crippen molar-refractivity contribution in [2.24, 2.45) is 0 Å². The van der Waals surface area contributed by atoms with Crippen molar-refractivity contribution >= 4 is 5.91 Å². The van der Waals surface area contributed by atoms with E-state index < -0.39 is 0 Å². The van der Waals surface area contributed by atoms with Crippen LogP contribution in [0, 0.1) is 0 Å². The van der Waals surface area contributed by atoms with Gasteiger partial charge >= 0.3 is 0 Å². The van der Waals surface area contributed by atoms with Gasteiger partial charge in [0, 0.05) is 26.7 Å². The third-order valence-corrected chi connectivity index (χ3v) is 3.69. The van der Waals surface area contributed by atoms with E-state index >= 15 is 0 Å². The van der Waals surface area contributed by atoms with Crippen molar-refractivity contribution in [1.82, 2.24) is 10.2 Å². The van der Waals surface area contributed by atoms with Crippen LogP contribution in [-0.2, 0) is 22.5 Å². The maximum atomic E-state index is 12.0. The van der Waals surface area contributed by atoms with E-state index in [0.29, 0.717) is 13.2 Å². The molecule has 1 atom stereocenters. The number of carbonyl (C=O) groups excluding carboxylic acids is 1. The first-order chi connectivity index (χ1) is 9.22. The van der Waals surface area contributed by atoms with Crippen molar-refractivity contribution in [3.05, 3.63) is 35.4 Å². The van der Waals surface area contributed by atoms with E-state index in [2.05, 4.69) is 34.5 Å². The highest BCUT2D eigenvalue weighted by Crippen LogP contribution is 2.20. The molecule has 104 valence electrons. The van der Waals surface area contributed by atoms with Crippen molar-refractivity contribution in [3.8, 4) is 0 Å². The maximum Gasteiger partial charge on any atom is 0.237 e. The van der Waals surface area contributed by atoms with Gasteiger partial charge in [-0.25, -0.2) is 0 Å². The molecule has 4 nitrogen and oxygen atoms in total. The van der Waals surface area contributed by atoms with Gasteiger partial charge in [-0.15, -0.1) is 0 Å². The highest BCUT2D eigenvalue weighted by molar-refractivity contribution is 5.81. The average molecular weight is 262 g/mol. The molecule has 0 radical (unpaired) electrons. The lowest BCUT2D eigenvalue weighted by atomic mass is 9.99. The number of hydrogen-bond donors (Lipinski definition) is 1. The van der Waals surface area contributed by atoms with Crippen molar-refractivity contribution in [1.29, 1.82) is 0 Å². The molecule has 1 aromatic carbocycles. The number of methoxy groups -OCH3 is 1. The Morgan fingerprint density at radius 1 is 1.42 bits per heavy atom. The summed E-state index contributed by atoms with van der Waals surface area (Å²) in [6.07, 6.45) is 1.02. The Morgan fingerprint density at radius 2 is 2.16 bits per heavy atom. The summed E-state index contributed by atoms with van der Waals surface area (Å²) in [4.78, 5) is 14.2. The van der Waals surface area contributed by atoms with Gasteiger partial charge in [-0.2, -0.15) is 0 Å². The summed E-state index contributed by atoms with van der Waals surface area (Å²) in [5.41, 5.74) is 2.75. The van der Waals surface area contributed by atoms with E-state index in [9.17, 15) is 4.79 Å². The lowest BCUT2D eigenvalue weighted by molar-refractivity contribution is -0.126. The smallest absolute Gasteiger partial charge is 0.237 e. The Balaban J connectivity index is 1.91. The van der Waals surface area contributed by atoms with Crippen molar-refractivity contribution in [2.45, 2.75) is 25.9 Å². The van der Waals surface area contributed by atoms with Gasteiger partial charge in [-0.05, 0) is 24.5 Å². The summed E-state index contributed by atoms with van der Waals surface area (Å²) < 4.78 is 4.94. The predicted octanol–water partition coefficient (Wildman–Crippen LogP) is 1.20. The van der Waals surface area contributed by atoms with Gasteiger partial charge in [0.05, 0.1) is 12.6 Å². The zero-order chi connectivity index (χ0) is 13.7. The van der Waals surface area contributed by atoms with E-state index in [4.69, 9.17) is 4.74 Å². The quantitative estimate of drug-likeness (QED) is 0.811. The first-order valence-corrected chi connectivity index (χ1v) is 6.80. The molecule has 0 aliphatic carbocycles. The Labute approximate surface area is 114 Å². The monoisotopic (exact) mass is 262 g/mol. The fraction of sp³-hybridized carbons (Fsp3) is 0.533. The van der Waals surface area contributed by atoms with Crippen molar-refractivity contribution < 1.29 is 9.53 Å². The Hall–Kier alpha value is -1.39. The molecule has 1 amide bonds. The topological polar surface area (TPSA) is 41.6 Å². The SMILES string of the molecule is COCCNC(=O)C(C)N1CCc2ccccc2C1. The van der Waals surface area contributed by atoms with Crippen LogP contribution in [-0.4, -0.2) is 43.7 Å². The second-order valence-corrected chi connectivity index (χ2v) is 4.95. The molecule has 4 heteroatoms. The molecule has 2 rings (SSSR count). The molecule has 0 saturated carbocycles. The molecule has 0 bridgehead atoms. The summed E-state index contributed by atoms with van der Waals surface area (Å²) in [5.74, 6) is 0.0800. The molecular weight excluding hydrogens is 240 g/mol. The standard InChI is InChI=1S/C15H22N2O2/c1-12(15(18)16-8-10-19-2)17-9-7-13-5-3-4-6-14(13)11-17/h3-6,12H,7-11H2,1-2H3,(H,16,18). The van der Waals surface area contributed by atoms with Gasteiger partial charge < -0.3 is 10.1 Å². The van der Waals surface area contributed by atoms with Gasteiger partial charge in [-0.1, -0.05) is 24.3 Å². The summed E-state index contributed by atoms with van der Waals surface area (Å²) in [6, 6.07) is 8.37. The van der Waals surface area contributed by atoms with Crippen LogP contribution in [0.15, 0.2) is 24.3 Å². The van der Waals surface area contributed by atoms with Crippen molar-refractivity contribution in [3.63, 3.8) is 0 Å². The minimum Gasteiger partial charge on any atom is -0.383 e. The van der Waals surface area contributed by atoms with E-state index in [1.54, 1.807) is 7.11 Å². The molecule has 0 aromatic heterocycles. The second kappa shape index (κ2) is 6.68. The number of ether oxygens (including phenoxy) is 1. The van der Waals surface area contributed by atoms with Crippen LogP contribution >= 0.6 is 0 Å². The van der Waals surface area contributed by atoms with Crippen LogP contribution in [0.5, 0.6) is 0 Å². The Kier molecular flexibility index (Phi) is 4.93. The van der Waals surface area contributed by atoms with Gasteiger partial charge in [0.15, 0.2) is 0 Å². The fourth-order valence-electron chi connectivity index (χ4n) is 2.44. The summed E-state index contributed by atoms with van der Waals surface area (Å²) in [7, 11) is 1.64. The number of fused-ring (bicyclic) bond motifs is 1. The van der Waals surface area contributed by atoms with E-state index in [1.165, 1.54) is 11.1 Å². The lowest BCUT2D eigenvalue weighted by Gasteiger charge is -2.32. The van der Waals surface area contributed by atoms with Gasteiger partial charge in [-0.3, -0.25) is 9.69 Å². The minimum atomic E-state index is -0.0924. The van der Waals surface area contributed by atoms with Crippen LogP contribution in [0.1, 0.15) is 18.1 Å². The molecule has 0 fully saturated rings. The first-order valence-electron chi connectivity index (χ1n) is 6.80. The van der Waals surface area contributed by atoms with Crippen LogP contribution in [0.2, 0.25) is 0 Å². The highest BCUT2D eigenvalue weighted by atomic mass is 16.5. The minimum absolute atomic E-state index is 0.0800. The summed E-state index contributed by atoms with van der Waals surface area (Å²) in [5, 5.41) is 2.90. The van der Waals surface area contributed by atoms with Crippen LogP contribution in [0.25, 0.3) is 0 Å². The van der Waals surface area contributed by atoms with E-state index in [0.717, 1.165) is 19.5 Å². The fourth-order valence-corrected chi connectivity index (χ4v) is 2.44. The van der Waals surface area contributed by atoms with Crippen LogP contribution < -0.4 is 5.32 Å². The summed E-state index contributed by atoms with van der Waals surface area (Å²) >= 11 is 0. The largest absolute Gasteiger partial charge is 0.383 e. The molecule has 1 heterocycles. The van der Waals surface area contributed by atoms with Gasteiger partial charge in [0.25, 0.3) is 0 Å². The number of rotatable bonds is 5. The molecule has 19 heavy (non-hydrogen) atoms. The molecule has 0 spiro atoms. The second-order valence-electron chi connectivity index (χ2n) is 4.95. The summed E-state index contributed by atoms with van der Waals surface area (Å²) in [6.45, 7) is 4.90. The van der Waals surface area contributed by atoms with Crippen LogP contribution in [0.4, 0.5) is 0 Å². The van der Waals surface area contributed by atoms with E-state index in [-0.39, 0.29) is 11.9 Å². The molecule has 1 unspecified atom stereocenters. The van der Waals surface area contributed by atoms with Crippen molar-refractivity contribution in [2.75, 3.05) is 26.8 Å². The number of hydrogen-bond acceptors (Lipinski definition) is 3. The lowest BCUT2D eigenvalue weighted by Crippen LogP contribution is -2.47. The molecule has 1 aliphatic rings. The predicted molar refractivity (Wildman–Crippen MR) is 74.9 cm³/mol. The Bertz CT molecular complexity index is 434. The molecule has 1 aromatic rings. The number of nitrogens with one attached hydrogen (secondary N) is 1. The molecule has 0 saturated heterocycles. The molecule has 1 aliphatic heterocycles. The van der Waals surface area contributed by atoms with E-state index in [1.807, 2.05) is 6.92 Å². The third kappa shape index (κ3) is 3.55. The number of benzene rings is 1. The Morgan fingerprint density at radius 3 is 2.89 bits per heavy atom. The molecular formula is C15H22N2O2.